The van der Waals surface area contributed by atoms with E-state index in [1.54, 1.807) is 7.11 Å². The van der Waals surface area contributed by atoms with Gasteiger partial charge in [0.1, 0.15) is 12.4 Å². The molecule has 1 aromatic carbocycles. The second-order valence-corrected chi connectivity index (χ2v) is 8.42. The monoisotopic (exact) mass is 439 g/mol. The summed E-state index contributed by atoms with van der Waals surface area (Å²) in [5.74, 6) is 3.15. The average Bonchev–Trinajstić information content (AvgIpc) is 3.47. The van der Waals surface area contributed by atoms with Crippen LogP contribution in [0, 0.1) is 6.92 Å². The molecule has 1 amide bonds. The van der Waals surface area contributed by atoms with Crippen molar-refractivity contribution in [3.8, 4) is 0 Å². The van der Waals surface area contributed by atoms with E-state index in [2.05, 4.69) is 44.7 Å². The van der Waals surface area contributed by atoms with Gasteiger partial charge in [-0.25, -0.2) is 4.99 Å². The molecule has 0 radical (unpaired) electrons. The van der Waals surface area contributed by atoms with Crippen LogP contribution < -0.4 is 10.2 Å². The molecular weight excluding hydrogens is 406 g/mol. The number of benzene rings is 1. The van der Waals surface area contributed by atoms with Gasteiger partial charge in [-0.2, -0.15) is 0 Å². The number of fused-ring (bicyclic) bond motifs is 1. The average molecular weight is 440 g/mol. The summed E-state index contributed by atoms with van der Waals surface area (Å²) >= 11 is 0. The maximum absolute atomic E-state index is 12.1. The summed E-state index contributed by atoms with van der Waals surface area (Å²) in [6.45, 7) is 6.17. The van der Waals surface area contributed by atoms with E-state index in [0.29, 0.717) is 32.0 Å². The van der Waals surface area contributed by atoms with Gasteiger partial charge in [0.25, 0.3) is 0 Å². The molecule has 1 N–H and O–H groups in total. The maximum atomic E-state index is 12.1. The Morgan fingerprint density at radius 3 is 2.88 bits per heavy atom. The van der Waals surface area contributed by atoms with Crippen LogP contribution in [0.3, 0.4) is 0 Å². The molecule has 32 heavy (non-hydrogen) atoms. The van der Waals surface area contributed by atoms with Crippen LogP contribution in [0.2, 0.25) is 0 Å². The number of aromatic nitrogens is 3. The fourth-order valence-electron chi connectivity index (χ4n) is 4.43. The summed E-state index contributed by atoms with van der Waals surface area (Å²) in [5, 5.41) is 11.8. The molecule has 2 aliphatic rings. The molecule has 9 heteroatoms. The van der Waals surface area contributed by atoms with E-state index in [4.69, 9.17) is 9.73 Å². The molecule has 1 atom stereocenters. The number of carbonyl (C=O) groups is 1. The molecule has 9 nitrogen and oxygen atoms in total. The van der Waals surface area contributed by atoms with Crippen LogP contribution in [-0.2, 0) is 23.1 Å². The van der Waals surface area contributed by atoms with Gasteiger partial charge in [-0.05, 0) is 31.4 Å². The zero-order chi connectivity index (χ0) is 22.5. The summed E-state index contributed by atoms with van der Waals surface area (Å²) in [5.41, 5.74) is 2.48. The molecule has 0 bridgehead atoms. The van der Waals surface area contributed by atoms with Gasteiger partial charge in [0.2, 0.25) is 5.91 Å². The third-order valence-electron chi connectivity index (χ3n) is 6.39. The van der Waals surface area contributed by atoms with Crippen molar-refractivity contribution in [2.24, 2.45) is 12.0 Å². The van der Waals surface area contributed by atoms with Crippen molar-refractivity contribution < 1.29 is 9.53 Å². The highest BCUT2D eigenvalue weighted by Crippen LogP contribution is 2.38. The van der Waals surface area contributed by atoms with E-state index in [1.165, 1.54) is 11.3 Å². The lowest BCUT2D eigenvalue weighted by Crippen LogP contribution is -2.42. The lowest BCUT2D eigenvalue weighted by molar-refractivity contribution is -0.127. The second kappa shape index (κ2) is 10.1. The fraction of sp³-hybridized carbons (Fsp3) is 0.565. The number of nitrogens with zero attached hydrogens (tertiary/aromatic N) is 6. The van der Waals surface area contributed by atoms with Gasteiger partial charge in [-0.3, -0.25) is 4.79 Å². The van der Waals surface area contributed by atoms with Crippen molar-refractivity contribution >= 4 is 17.6 Å². The number of ether oxygens (including phenoxy) is 1. The van der Waals surface area contributed by atoms with Gasteiger partial charge < -0.3 is 24.4 Å². The van der Waals surface area contributed by atoms with Crippen LogP contribution >= 0.6 is 0 Å². The standard InChI is InChI=1S/C23H33N7O2/c1-17-26-27-21(28(17)2)15-25-23(24-11-14-32-3)30-16-18(19-7-4-5-8-20(19)30)10-13-29-12-6-9-22(29)31/h4-5,7-8,18H,6,9-16H2,1-3H3,(H,24,25). The molecule has 1 fully saturated rings. The fourth-order valence-corrected chi connectivity index (χ4v) is 4.43. The number of hydrogen-bond acceptors (Lipinski definition) is 5. The zero-order valence-electron chi connectivity index (χ0n) is 19.3. The Morgan fingerprint density at radius 2 is 2.16 bits per heavy atom. The van der Waals surface area contributed by atoms with Crippen molar-refractivity contribution in [3.05, 3.63) is 41.5 Å². The van der Waals surface area contributed by atoms with Crippen molar-refractivity contribution in [3.63, 3.8) is 0 Å². The minimum atomic E-state index is 0.288. The van der Waals surface area contributed by atoms with E-state index in [9.17, 15) is 4.79 Å². The van der Waals surface area contributed by atoms with E-state index < -0.39 is 0 Å². The maximum Gasteiger partial charge on any atom is 0.222 e. The van der Waals surface area contributed by atoms with Crippen LogP contribution in [0.1, 0.15) is 42.4 Å². The van der Waals surface area contributed by atoms with Gasteiger partial charge in [0.05, 0.1) is 6.61 Å². The van der Waals surface area contributed by atoms with Crippen LogP contribution in [0.4, 0.5) is 5.69 Å². The van der Waals surface area contributed by atoms with Crippen molar-refractivity contribution in [2.45, 2.75) is 38.6 Å². The summed E-state index contributed by atoms with van der Waals surface area (Å²) < 4.78 is 7.20. The van der Waals surface area contributed by atoms with Crippen LogP contribution in [0.15, 0.2) is 29.3 Å². The molecule has 2 aliphatic heterocycles. The number of nitrogens with one attached hydrogen (secondary N) is 1. The summed E-state index contributed by atoms with van der Waals surface area (Å²) in [4.78, 5) is 21.2. The number of anilines is 1. The highest BCUT2D eigenvalue weighted by molar-refractivity contribution is 5.98. The van der Waals surface area contributed by atoms with Gasteiger partial charge in [0, 0.05) is 58.4 Å². The zero-order valence-corrected chi connectivity index (χ0v) is 19.3. The molecule has 0 spiro atoms. The Kier molecular flexibility index (Phi) is 7.04. The Morgan fingerprint density at radius 1 is 1.31 bits per heavy atom. The van der Waals surface area contributed by atoms with Crippen molar-refractivity contribution in [1.29, 1.82) is 0 Å². The van der Waals surface area contributed by atoms with E-state index in [-0.39, 0.29) is 5.91 Å². The predicted molar refractivity (Wildman–Crippen MR) is 124 cm³/mol. The lowest BCUT2D eigenvalue weighted by Gasteiger charge is -2.24. The molecule has 1 aromatic heterocycles. The first-order valence-corrected chi connectivity index (χ1v) is 11.3. The van der Waals surface area contributed by atoms with Gasteiger partial charge in [-0.15, -0.1) is 10.2 Å². The van der Waals surface area contributed by atoms with Crippen LogP contribution in [-0.4, -0.2) is 71.4 Å². The van der Waals surface area contributed by atoms with E-state index in [0.717, 1.165) is 50.1 Å². The number of amides is 1. The third kappa shape index (κ3) is 4.77. The first-order chi connectivity index (χ1) is 15.6. The summed E-state index contributed by atoms with van der Waals surface area (Å²) in [6, 6.07) is 8.51. The topological polar surface area (TPSA) is 87.9 Å². The van der Waals surface area contributed by atoms with Gasteiger partial charge >= 0.3 is 0 Å². The molecule has 0 saturated carbocycles. The van der Waals surface area contributed by atoms with Crippen LogP contribution in [0.25, 0.3) is 0 Å². The van der Waals surface area contributed by atoms with E-state index >= 15 is 0 Å². The number of rotatable bonds is 8. The Labute approximate surface area is 189 Å². The molecule has 1 unspecified atom stereocenters. The summed E-state index contributed by atoms with van der Waals surface area (Å²) in [7, 11) is 3.65. The number of likely N-dealkylation sites (tertiary alicyclic amines) is 1. The number of para-hydroxylation sites is 1. The number of guanidine groups is 1. The lowest BCUT2D eigenvalue weighted by atomic mass is 9.98. The SMILES string of the molecule is COCCNC(=NCc1nnc(C)n1C)N1CC(CCN2CCCC2=O)c2ccccc21. The van der Waals surface area contributed by atoms with Crippen molar-refractivity contribution in [1.82, 2.24) is 25.0 Å². The number of aliphatic imine (C=N–C) groups is 1. The Hall–Kier alpha value is -2.94. The third-order valence-corrected chi connectivity index (χ3v) is 6.39. The number of aryl methyl sites for hydroxylation is 1. The molecule has 4 rings (SSSR count). The molecule has 2 aromatic rings. The van der Waals surface area contributed by atoms with Gasteiger partial charge in [0.15, 0.2) is 11.8 Å². The summed E-state index contributed by atoms with van der Waals surface area (Å²) in [6.07, 6.45) is 2.62. The minimum Gasteiger partial charge on any atom is -0.383 e. The second-order valence-electron chi connectivity index (χ2n) is 8.42. The van der Waals surface area contributed by atoms with Gasteiger partial charge in [-0.1, -0.05) is 18.2 Å². The highest BCUT2D eigenvalue weighted by Gasteiger charge is 2.32. The normalized spacial score (nSPS) is 18.5. The predicted octanol–water partition coefficient (Wildman–Crippen LogP) is 1.83. The molecule has 3 heterocycles. The van der Waals surface area contributed by atoms with Crippen LogP contribution in [0.5, 0.6) is 0 Å². The van der Waals surface area contributed by atoms with E-state index in [1.807, 2.05) is 23.4 Å². The number of carbonyl (C=O) groups excluding carboxylic acids is 1. The first-order valence-electron chi connectivity index (χ1n) is 11.3. The number of methoxy groups -OCH3 is 1. The molecular formula is C23H33N7O2. The number of hydrogen-bond donors (Lipinski definition) is 1. The Bertz CT molecular complexity index is 971. The molecule has 172 valence electrons. The van der Waals surface area contributed by atoms with Crippen molar-refractivity contribution in [2.75, 3.05) is 44.8 Å². The quantitative estimate of drug-likeness (QED) is 0.384. The molecule has 1 saturated heterocycles. The smallest absolute Gasteiger partial charge is 0.222 e. The first kappa shape index (κ1) is 22.3. The largest absolute Gasteiger partial charge is 0.383 e. The minimum absolute atomic E-state index is 0.288. The Balaban J connectivity index is 1.53. The highest BCUT2D eigenvalue weighted by atomic mass is 16.5. The molecule has 0 aliphatic carbocycles.